The summed E-state index contributed by atoms with van der Waals surface area (Å²) < 4.78 is 13.3. The largest absolute Gasteiger partial charge is 0.497 e. The van der Waals surface area contributed by atoms with Crippen LogP contribution in [-0.4, -0.2) is 33.5 Å². The van der Waals surface area contributed by atoms with Gasteiger partial charge in [0.1, 0.15) is 17.6 Å². The van der Waals surface area contributed by atoms with E-state index in [1.165, 1.54) is 11.8 Å². The molecule has 2 aromatic carbocycles. The highest BCUT2D eigenvalue weighted by Crippen LogP contribution is 2.27. The van der Waals surface area contributed by atoms with Crippen molar-refractivity contribution in [1.82, 2.24) is 14.8 Å². The minimum absolute atomic E-state index is 0.140. The topological polar surface area (TPSA) is 102 Å². The number of hydrogen-bond donors (Lipinski definition) is 1. The Morgan fingerprint density at radius 2 is 1.91 bits per heavy atom. The van der Waals surface area contributed by atoms with Gasteiger partial charge in [-0.2, -0.15) is 5.26 Å². The molecule has 0 aliphatic carbocycles. The fourth-order valence-electron chi connectivity index (χ4n) is 3.18. The second-order valence-corrected chi connectivity index (χ2v) is 8.72. The summed E-state index contributed by atoms with van der Waals surface area (Å²) in [6, 6.07) is 16.4. The summed E-state index contributed by atoms with van der Waals surface area (Å²) in [6.07, 6.45) is -0.353. The Labute approximate surface area is 197 Å². The van der Waals surface area contributed by atoms with Gasteiger partial charge in [-0.3, -0.25) is 4.79 Å². The lowest BCUT2D eigenvalue weighted by Gasteiger charge is -2.18. The van der Waals surface area contributed by atoms with Crippen molar-refractivity contribution in [3.63, 3.8) is 0 Å². The molecule has 0 aliphatic rings. The van der Waals surface area contributed by atoms with Crippen molar-refractivity contribution in [3.8, 4) is 17.6 Å². The predicted molar refractivity (Wildman–Crippen MR) is 127 cm³/mol. The highest BCUT2D eigenvalue weighted by molar-refractivity contribution is 7.99. The molecule has 0 fully saturated rings. The Morgan fingerprint density at radius 3 is 2.64 bits per heavy atom. The number of methoxy groups -OCH3 is 1. The van der Waals surface area contributed by atoms with Crippen LogP contribution in [0.2, 0.25) is 0 Å². The van der Waals surface area contributed by atoms with Gasteiger partial charge in [-0.05, 0) is 37.1 Å². The van der Waals surface area contributed by atoms with E-state index in [1.807, 2.05) is 35.8 Å². The number of ether oxygens (including phenoxy) is 2. The summed E-state index contributed by atoms with van der Waals surface area (Å²) in [5, 5.41) is 21.3. The van der Waals surface area contributed by atoms with Crippen molar-refractivity contribution >= 4 is 23.4 Å². The first-order valence-corrected chi connectivity index (χ1v) is 11.6. The number of anilines is 1. The Balaban J connectivity index is 1.72. The minimum atomic E-state index is -0.353. The predicted octanol–water partition coefficient (Wildman–Crippen LogP) is 4.69. The van der Waals surface area contributed by atoms with Crippen LogP contribution in [0.3, 0.4) is 0 Å². The molecule has 0 spiro atoms. The molecule has 3 aromatic rings. The van der Waals surface area contributed by atoms with Crippen molar-refractivity contribution in [1.29, 1.82) is 5.26 Å². The summed E-state index contributed by atoms with van der Waals surface area (Å²) >= 11 is 1.30. The Kier molecular flexibility index (Phi) is 8.33. The number of nitrogens with one attached hydrogen (secondary N) is 1. The molecule has 172 valence electrons. The maximum atomic E-state index is 12.5. The third kappa shape index (κ3) is 6.49. The van der Waals surface area contributed by atoms with E-state index in [0.717, 1.165) is 0 Å². The van der Waals surface area contributed by atoms with Crippen molar-refractivity contribution < 1.29 is 14.3 Å². The lowest BCUT2D eigenvalue weighted by Crippen LogP contribution is -2.17. The van der Waals surface area contributed by atoms with Gasteiger partial charge >= 0.3 is 0 Å². The fourth-order valence-corrected chi connectivity index (χ4v) is 3.94. The molecule has 0 saturated carbocycles. The van der Waals surface area contributed by atoms with Gasteiger partial charge in [0.25, 0.3) is 0 Å². The molecule has 9 heteroatoms. The van der Waals surface area contributed by atoms with Gasteiger partial charge in [-0.25, -0.2) is 0 Å². The van der Waals surface area contributed by atoms with Crippen molar-refractivity contribution in [2.24, 2.45) is 5.92 Å². The number of hydrogen-bond acceptors (Lipinski definition) is 7. The van der Waals surface area contributed by atoms with Crippen LogP contribution in [0.4, 0.5) is 5.69 Å². The third-order valence-corrected chi connectivity index (χ3v) is 5.63. The molecular formula is C24H27N5O3S. The van der Waals surface area contributed by atoms with E-state index in [2.05, 4.69) is 35.4 Å². The van der Waals surface area contributed by atoms with Gasteiger partial charge in [0.05, 0.1) is 24.1 Å². The number of carbonyl (C=O) groups is 1. The number of para-hydroxylation sites is 1. The molecule has 0 radical (unpaired) electrons. The Hall–Kier alpha value is -3.51. The molecule has 3 rings (SSSR count). The van der Waals surface area contributed by atoms with Crippen LogP contribution in [0, 0.1) is 17.2 Å². The summed E-state index contributed by atoms with van der Waals surface area (Å²) in [5.41, 5.74) is 0.917. The average molecular weight is 466 g/mol. The number of aromatic nitrogens is 3. The van der Waals surface area contributed by atoms with E-state index >= 15 is 0 Å². The van der Waals surface area contributed by atoms with Gasteiger partial charge < -0.3 is 19.4 Å². The van der Waals surface area contributed by atoms with E-state index in [4.69, 9.17) is 9.47 Å². The normalized spacial score (nSPS) is 11.6. The lowest BCUT2D eigenvalue weighted by molar-refractivity contribution is -0.113. The van der Waals surface area contributed by atoms with Crippen LogP contribution >= 0.6 is 11.8 Å². The fraction of sp³-hybridized carbons (Fsp3) is 0.333. The van der Waals surface area contributed by atoms with E-state index in [0.29, 0.717) is 46.2 Å². The first-order valence-electron chi connectivity index (χ1n) is 10.6. The summed E-state index contributed by atoms with van der Waals surface area (Å²) in [7, 11) is 1.61. The number of amides is 1. The van der Waals surface area contributed by atoms with Crippen LogP contribution in [0.15, 0.2) is 53.7 Å². The summed E-state index contributed by atoms with van der Waals surface area (Å²) in [5.74, 6) is 2.34. The minimum Gasteiger partial charge on any atom is -0.497 e. The Bertz CT molecular complexity index is 1140. The van der Waals surface area contributed by atoms with Gasteiger partial charge in [-0.15, -0.1) is 10.2 Å². The first-order chi connectivity index (χ1) is 15.9. The zero-order valence-electron chi connectivity index (χ0n) is 19.1. The molecule has 1 atom stereocenters. The molecule has 1 amide bonds. The highest BCUT2D eigenvalue weighted by Gasteiger charge is 2.21. The number of thioether (sulfide) groups is 1. The number of carbonyl (C=O) groups excluding carboxylic acids is 1. The molecule has 0 saturated heterocycles. The molecule has 1 N–H and O–H groups in total. The highest BCUT2D eigenvalue weighted by atomic mass is 32.2. The standard InChI is InChI=1S/C24H27N5O3S/c1-16(2)14-29-23(17(3)32-20-10-7-9-19(12-20)31-4)27-28-24(29)33-15-22(30)26-21-11-6-5-8-18(21)13-25/h5-12,16-17H,14-15H2,1-4H3,(H,26,30). The molecule has 33 heavy (non-hydrogen) atoms. The second kappa shape index (κ2) is 11.4. The quantitative estimate of drug-likeness (QED) is 0.434. The van der Waals surface area contributed by atoms with Crippen molar-refractivity contribution in [3.05, 3.63) is 59.9 Å². The number of nitriles is 1. The smallest absolute Gasteiger partial charge is 0.234 e. The molecule has 0 aliphatic heterocycles. The molecular weight excluding hydrogens is 438 g/mol. The maximum Gasteiger partial charge on any atom is 0.234 e. The molecule has 1 aromatic heterocycles. The number of nitrogens with zero attached hydrogens (tertiary/aromatic N) is 4. The molecule has 1 unspecified atom stereocenters. The van der Waals surface area contributed by atoms with Crippen molar-refractivity contribution in [2.75, 3.05) is 18.2 Å². The monoisotopic (exact) mass is 465 g/mol. The van der Waals surface area contributed by atoms with Crippen LogP contribution < -0.4 is 14.8 Å². The van der Waals surface area contributed by atoms with Crippen LogP contribution in [0.5, 0.6) is 11.5 Å². The number of benzene rings is 2. The molecule has 8 nitrogen and oxygen atoms in total. The SMILES string of the molecule is COc1cccc(OC(C)c2nnc(SCC(=O)Nc3ccccc3C#N)n2CC(C)C)c1. The van der Waals surface area contributed by atoms with E-state index < -0.39 is 0 Å². The zero-order valence-corrected chi connectivity index (χ0v) is 19.9. The molecule has 0 bridgehead atoms. The molecule has 1 heterocycles. The van der Waals surface area contributed by atoms with Gasteiger partial charge in [-0.1, -0.05) is 43.8 Å². The van der Waals surface area contributed by atoms with Crippen LogP contribution in [0.1, 0.15) is 38.3 Å². The summed E-state index contributed by atoms with van der Waals surface area (Å²) in [4.78, 5) is 12.5. The lowest BCUT2D eigenvalue weighted by atomic mass is 10.2. The van der Waals surface area contributed by atoms with E-state index in [-0.39, 0.29) is 17.8 Å². The van der Waals surface area contributed by atoms with Gasteiger partial charge in [0.2, 0.25) is 5.91 Å². The summed E-state index contributed by atoms with van der Waals surface area (Å²) in [6.45, 7) is 6.82. The van der Waals surface area contributed by atoms with E-state index in [9.17, 15) is 10.1 Å². The van der Waals surface area contributed by atoms with Gasteiger partial charge in [0, 0.05) is 12.6 Å². The van der Waals surface area contributed by atoms with E-state index in [1.54, 1.807) is 31.4 Å². The second-order valence-electron chi connectivity index (χ2n) is 7.78. The third-order valence-electron chi connectivity index (χ3n) is 4.66. The average Bonchev–Trinajstić information content (AvgIpc) is 3.20. The van der Waals surface area contributed by atoms with Gasteiger partial charge in [0.15, 0.2) is 17.1 Å². The zero-order chi connectivity index (χ0) is 23.8. The first kappa shape index (κ1) is 24.1. The van der Waals surface area contributed by atoms with Crippen LogP contribution in [0.25, 0.3) is 0 Å². The number of rotatable bonds is 10. The maximum absolute atomic E-state index is 12.5. The van der Waals surface area contributed by atoms with Crippen LogP contribution in [-0.2, 0) is 11.3 Å². The van der Waals surface area contributed by atoms with Crippen molar-refractivity contribution in [2.45, 2.75) is 38.6 Å². The Morgan fingerprint density at radius 1 is 1.15 bits per heavy atom.